The van der Waals surface area contributed by atoms with Crippen LogP contribution in [0.3, 0.4) is 0 Å². The van der Waals surface area contributed by atoms with Gasteiger partial charge in [-0.05, 0) is 18.4 Å². The van der Waals surface area contributed by atoms with E-state index in [0.717, 1.165) is 10.6 Å². The molecule has 3 rings (SSSR count). The van der Waals surface area contributed by atoms with Gasteiger partial charge in [-0.3, -0.25) is 0 Å². The largest absolute Gasteiger partial charge is 0.143 e. The fraction of sp³-hybridized carbons (Fsp3) is 0.467. The second kappa shape index (κ2) is 6.02. The molecule has 1 heterocycles. The van der Waals surface area contributed by atoms with E-state index in [9.17, 15) is 0 Å². The van der Waals surface area contributed by atoms with Crippen molar-refractivity contribution in [2.45, 2.75) is 43.4 Å². The molecule has 1 aliphatic carbocycles. The van der Waals surface area contributed by atoms with Crippen molar-refractivity contribution in [2.24, 2.45) is 0 Å². The highest BCUT2D eigenvalue weighted by Gasteiger charge is 2.22. The molecule has 0 bridgehead atoms. The Morgan fingerprint density at radius 1 is 1.05 bits per heavy atom. The fourth-order valence-corrected chi connectivity index (χ4v) is 3.97. The Labute approximate surface area is 122 Å². The van der Waals surface area contributed by atoms with Gasteiger partial charge in [-0.1, -0.05) is 60.9 Å². The highest BCUT2D eigenvalue weighted by molar-refractivity contribution is 7.11. The van der Waals surface area contributed by atoms with Crippen LogP contribution in [0.4, 0.5) is 0 Å². The molecule has 2 nitrogen and oxygen atoms in total. The summed E-state index contributed by atoms with van der Waals surface area (Å²) in [5.74, 6) is 0.611. The molecular weight excluding hydrogens is 276 g/mol. The minimum atomic E-state index is -0.170. The van der Waals surface area contributed by atoms with E-state index in [0.29, 0.717) is 5.92 Å². The normalized spacial score (nSPS) is 18.4. The number of benzene rings is 1. The van der Waals surface area contributed by atoms with Gasteiger partial charge in [-0.25, -0.2) is 0 Å². The third-order valence-corrected chi connectivity index (χ3v) is 5.46. The van der Waals surface area contributed by atoms with Crippen LogP contribution in [0.25, 0.3) is 0 Å². The first kappa shape index (κ1) is 13.1. The number of hydrogen-bond acceptors (Lipinski definition) is 3. The molecule has 1 fully saturated rings. The molecule has 4 heteroatoms. The van der Waals surface area contributed by atoms with Crippen LogP contribution in [0.5, 0.6) is 0 Å². The predicted molar refractivity (Wildman–Crippen MR) is 79.9 cm³/mol. The lowest BCUT2D eigenvalue weighted by atomic mass is 9.90. The molecule has 1 aromatic heterocycles. The number of aromatic nitrogens is 2. The van der Waals surface area contributed by atoms with Crippen molar-refractivity contribution < 1.29 is 0 Å². The molecule has 2 aromatic rings. The Morgan fingerprint density at radius 3 is 2.53 bits per heavy atom. The molecule has 0 radical (unpaired) electrons. The molecule has 100 valence electrons. The minimum absolute atomic E-state index is 0.170. The fourth-order valence-electron chi connectivity index (χ4n) is 2.63. The van der Waals surface area contributed by atoms with Crippen molar-refractivity contribution in [1.29, 1.82) is 0 Å². The maximum Gasteiger partial charge on any atom is 0.139 e. The Balaban J connectivity index is 1.77. The lowest BCUT2D eigenvalue weighted by Gasteiger charge is -2.18. The van der Waals surface area contributed by atoms with E-state index in [1.807, 2.05) is 30.3 Å². The second-order valence-electron chi connectivity index (χ2n) is 5.09. The summed E-state index contributed by atoms with van der Waals surface area (Å²) in [5.41, 5.74) is 1.09. The van der Waals surface area contributed by atoms with E-state index < -0.39 is 0 Å². The van der Waals surface area contributed by atoms with E-state index in [4.69, 9.17) is 11.6 Å². The van der Waals surface area contributed by atoms with Crippen molar-refractivity contribution in [1.82, 2.24) is 10.2 Å². The van der Waals surface area contributed by atoms with E-state index in [2.05, 4.69) is 10.2 Å². The molecule has 1 aromatic carbocycles. The van der Waals surface area contributed by atoms with Crippen LogP contribution >= 0.6 is 22.9 Å². The van der Waals surface area contributed by atoms with Crippen LogP contribution in [0.2, 0.25) is 0 Å². The van der Waals surface area contributed by atoms with Crippen LogP contribution in [-0.2, 0) is 0 Å². The van der Waals surface area contributed by atoms with Gasteiger partial charge in [-0.2, -0.15) is 0 Å². The van der Waals surface area contributed by atoms with Gasteiger partial charge in [0.1, 0.15) is 15.4 Å². The third-order valence-electron chi connectivity index (χ3n) is 3.72. The maximum absolute atomic E-state index is 6.49. The number of alkyl halides is 1. The molecule has 0 N–H and O–H groups in total. The van der Waals surface area contributed by atoms with E-state index >= 15 is 0 Å². The molecule has 19 heavy (non-hydrogen) atoms. The van der Waals surface area contributed by atoms with E-state index in [1.54, 1.807) is 11.3 Å². The summed E-state index contributed by atoms with van der Waals surface area (Å²) in [6.45, 7) is 0. The molecule has 0 amide bonds. The van der Waals surface area contributed by atoms with Crippen molar-refractivity contribution in [3.63, 3.8) is 0 Å². The Bertz CT molecular complexity index is 520. The van der Waals surface area contributed by atoms with Crippen LogP contribution < -0.4 is 0 Å². The lowest BCUT2D eigenvalue weighted by molar-refractivity contribution is 0.440. The number of halogens is 1. The summed E-state index contributed by atoms with van der Waals surface area (Å²) in [6, 6.07) is 10.1. The summed E-state index contributed by atoms with van der Waals surface area (Å²) < 4.78 is 0. The number of nitrogens with zero attached hydrogens (tertiary/aromatic N) is 2. The summed E-state index contributed by atoms with van der Waals surface area (Å²) in [7, 11) is 0. The zero-order chi connectivity index (χ0) is 13.1. The SMILES string of the molecule is ClC(c1ccccc1)c1nnc(C2CCCCC2)s1. The zero-order valence-electron chi connectivity index (χ0n) is 10.8. The number of rotatable bonds is 3. The average Bonchev–Trinajstić information content (AvgIpc) is 2.98. The Morgan fingerprint density at radius 2 is 1.79 bits per heavy atom. The van der Waals surface area contributed by atoms with Crippen molar-refractivity contribution in [2.75, 3.05) is 0 Å². The van der Waals surface area contributed by atoms with Gasteiger partial charge >= 0.3 is 0 Å². The van der Waals surface area contributed by atoms with Gasteiger partial charge in [-0.15, -0.1) is 21.8 Å². The molecule has 0 aliphatic heterocycles. The monoisotopic (exact) mass is 292 g/mol. The molecule has 1 aliphatic rings. The standard InChI is InChI=1S/C15H17ClN2S/c16-13(11-7-3-1-4-8-11)15-18-17-14(19-15)12-9-5-2-6-10-12/h1,3-4,7-8,12-13H,2,5-6,9-10H2. The second-order valence-corrected chi connectivity index (χ2v) is 6.56. The smallest absolute Gasteiger partial charge is 0.139 e. The highest BCUT2D eigenvalue weighted by Crippen LogP contribution is 2.37. The summed E-state index contributed by atoms with van der Waals surface area (Å²) in [4.78, 5) is 0. The third kappa shape index (κ3) is 2.98. The van der Waals surface area contributed by atoms with Crippen molar-refractivity contribution in [3.05, 3.63) is 45.9 Å². The van der Waals surface area contributed by atoms with Crippen LogP contribution in [0, 0.1) is 0 Å². The van der Waals surface area contributed by atoms with Crippen molar-refractivity contribution in [3.8, 4) is 0 Å². The first-order chi connectivity index (χ1) is 9.34. The summed E-state index contributed by atoms with van der Waals surface area (Å²) >= 11 is 8.18. The predicted octanol–water partition coefficient (Wildman–Crippen LogP) is 4.91. The molecule has 1 saturated carbocycles. The molecule has 0 saturated heterocycles. The minimum Gasteiger partial charge on any atom is -0.143 e. The topological polar surface area (TPSA) is 25.8 Å². The van der Waals surface area contributed by atoms with Gasteiger partial charge in [0.25, 0.3) is 0 Å². The number of hydrogen-bond donors (Lipinski definition) is 0. The van der Waals surface area contributed by atoms with Gasteiger partial charge < -0.3 is 0 Å². The van der Waals surface area contributed by atoms with E-state index in [1.165, 1.54) is 37.1 Å². The molecule has 1 atom stereocenters. The van der Waals surface area contributed by atoms with Crippen molar-refractivity contribution >= 4 is 22.9 Å². The highest BCUT2D eigenvalue weighted by atomic mass is 35.5. The molecule has 1 unspecified atom stereocenters. The van der Waals surface area contributed by atoms with Crippen LogP contribution in [0.1, 0.15) is 59.0 Å². The van der Waals surface area contributed by atoms with Gasteiger partial charge in [0.2, 0.25) is 0 Å². The Kier molecular flexibility index (Phi) is 4.14. The first-order valence-corrected chi connectivity index (χ1v) is 8.12. The first-order valence-electron chi connectivity index (χ1n) is 6.87. The zero-order valence-corrected chi connectivity index (χ0v) is 12.3. The van der Waals surface area contributed by atoms with Gasteiger partial charge in [0, 0.05) is 5.92 Å². The summed E-state index contributed by atoms with van der Waals surface area (Å²) in [5, 5.41) is 10.6. The van der Waals surface area contributed by atoms with Gasteiger partial charge in [0.15, 0.2) is 0 Å². The van der Waals surface area contributed by atoms with Crippen LogP contribution in [0.15, 0.2) is 30.3 Å². The molecular formula is C15H17ClN2S. The van der Waals surface area contributed by atoms with Crippen LogP contribution in [-0.4, -0.2) is 10.2 Å². The lowest BCUT2D eigenvalue weighted by Crippen LogP contribution is -2.03. The Hall–Kier alpha value is -0.930. The van der Waals surface area contributed by atoms with E-state index in [-0.39, 0.29) is 5.38 Å². The molecule has 0 spiro atoms. The van der Waals surface area contributed by atoms with Gasteiger partial charge in [0.05, 0.1) is 0 Å². The average molecular weight is 293 g/mol. The summed E-state index contributed by atoms with van der Waals surface area (Å²) in [6.07, 6.45) is 6.52. The quantitative estimate of drug-likeness (QED) is 0.751. The maximum atomic E-state index is 6.49.